The number of fused-ring (bicyclic) bond motifs is 2. The van der Waals surface area contributed by atoms with Crippen molar-refractivity contribution >= 4 is 22.1 Å². The van der Waals surface area contributed by atoms with Crippen LogP contribution in [-0.4, -0.2) is 41.7 Å². The number of halogens is 1. The van der Waals surface area contributed by atoms with E-state index in [1.54, 1.807) is 12.4 Å². The SMILES string of the molecule is CCNCc1cncc(-c2cc3c(-c4nc5nccc(-c6cc(C)cc(F)c6)c5[nH]4)n[nH]c3cn2)c1. The van der Waals surface area contributed by atoms with Crippen LogP contribution in [0, 0.1) is 12.7 Å². The predicted molar refractivity (Wildman–Crippen MR) is 138 cm³/mol. The van der Waals surface area contributed by atoms with E-state index in [1.807, 2.05) is 37.5 Å². The average molecular weight is 479 g/mol. The Morgan fingerprint density at radius 3 is 2.78 bits per heavy atom. The number of nitrogens with zero attached hydrogens (tertiary/aromatic N) is 5. The molecule has 0 radical (unpaired) electrons. The van der Waals surface area contributed by atoms with Crippen LogP contribution in [-0.2, 0) is 6.54 Å². The lowest BCUT2D eigenvalue weighted by Gasteiger charge is -2.05. The quantitative estimate of drug-likeness (QED) is 0.304. The topological polar surface area (TPSA) is 108 Å². The molecule has 0 aliphatic heterocycles. The molecule has 5 aromatic heterocycles. The zero-order valence-corrected chi connectivity index (χ0v) is 19.8. The van der Waals surface area contributed by atoms with Crippen molar-refractivity contribution in [2.75, 3.05) is 6.54 Å². The van der Waals surface area contributed by atoms with Gasteiger partial charge in [0, 0.05) is 41.6 Å². The Hall–Kier alpha value is -4.50. The molecule has 0 bridgehead atoms. The van der Waals surface area contributed by atoms with Crippen molar-refractivity contribution in [3.8, 4) is 33.9 Å². The molecule has 1 aromatic carbocycles. The van der Waals surface area contributed by atoms with Gasteiger partial charge in [0.2, 0.25) is 0 Å². The molecule has 0 aliphatic rings. The number of pyridine rings is 3. The number of hydrogen-bond acceptors (Lipinski definition) is 6. The van der Waals surface area contributed by atoms with Crippen LogP contribution in [0.5, 0.6) is 0 Å². The highest BCUT2D eigenvalue weighted by molar-refractivity contribution is 5.96. The summed E-state index contributed by atoms with van der Waals surface area (Å²) in [6.45, 7) is 5.58. The van der Waals surface area contributed by atoms with Crippen LogP contribution >= 0.6 is 0 Å². The lowest BCUT2D eigenvalue weighted by Crippen LogP contribution is -2.11. The van der Waals surface area contributed by atoms with Gasteiger partial charge in [0.1, 0.15) is 11.5 Å². The summed E-state index contributed by atoms with van der Waals surface area (Å²) in [5.41, 5.74) is 7.95. The van der Waals surface area contributed by atoms with Crippen molar-refractivity contribution in [2.45, 2.75) is 20.4 Å². The van der Waals surface area contributed by atoms with E-state index in [0.717, 1.165) is 63.0 Å². The van der Waals surface area contributed by atoms with Crippen molar-refractivity contribution < 1.29 is 4.39 Å². The minimum atomic E-state index is -0.280. The van der Waals surface area contributed by atoms with E-state index in [-0.39, 0.29) is 5.82 Å². The van der Waals surface area contributed by atoms with Crippen LogP contribution in [0.15, 0.2) is 61.2 Å². The van der Waals surface area contributed by atoms with E-state index in [9.17, 15) is 4.39 Å². The number of H-pyrrole nitrogens is 2. The molecule has 9 heteroatoms. The second-order valence-electron chi connectivity index (χ2n) is 8.71. The molecule has 0 aliphatic carbocycles. The van der Waals surface area contributed by atoms with Gasteiger partial charge in [0.25, 0.3) is 0 Å². The molecule has 8 nitrogen and oxygen atoms in total. The molecule has 0 amide bonds. The first-order chi connectivity index (χ1) is 17.6. The van der Waals surface area contributed by atoms with E-state index in [2.05, 4.69) is 48.4 Å². The van der Waals surface area contributed by atoms with E-state index in [1.165, 1.54) is 12.1 Å². The molecule has 0 saturated carbocycles. The van der Waals surface area contributed by atoms with Gasteiger partial charge in [0.05, 0.1) is 22.9 Å². The number of imidazole rings is 1. The van der Waals surface area contributed by atoms with Crippen molar-refractivity contribution in [1.29, 1.82) is 0 Å². The number of nitrogens with one attached hydrogen (secondary N) is 3. The molecule has 0 atom stereocenters. The van der Waals surface area contributed by atoms with E-state index >= 15 is 0 Å². The highest BCUT2D eigenvalue weighted by atomic mass is 19.1. The van der Waals surface area contributed by atoms with Gasteiger partial charge >= 0.3 is 0 Å². The number of rotatable bonds is 6. The van der Waals surface area contributed by atoms with Gasteiger partial charge in [-0.25, -0.2) is 14.4 Å². The fourth-order valence-electron chi connectivity index (χ4n) is 4.40. The van der Waals surface area contributed by atoms with Crippen LogP contribution in [0.2, 0.25) is 0 Å². The predicted octanol–water partition coefficient (Wildman–Crippen LogP) is 5.18. The normalized spacial score (nSPS) is 11.5. The minimum absolute atomic E-state index is 0.280. The average Bonchev–Trinajstić information content (AvgIpc) is 3.50. The molecule has 178 valence electrons. The lowest BCUT2D eigenvalue weighted by molar-refractivity contribution is 0.627. The zero-order valence-electron chi connectivity index (χ0n) is 19.8. The molecule has 36 heavy (non-hydrogen) atoms. The second-order valence-corrected chi connectivity index (χ2v) is 8.71. The third-order valence-corrected chi connectivity index (χ3v) is 6.09. The highest BCUT2D eigenvalue weighted by Crippen LogP contribution is 2.32. The number of hydrogen-bond donors (Lipinski definition) is 3. The van der Waals surface area contributed by atoms with Gasteiger partial charge in [-0.15, -0.1) is 0 Å². The summed E-state index contributed by atoms with van der Waals surface area (Å²) < 4.78 is 14.1. The van der Waals surface area contributed by atoms with Gasteiger partial charge in [-0.2, -0.15) is 5.10 Å². The molecule has 6 rings (SSSR count). The summed E-state index contributed by atoms with van der Waals surface area (Å²) in [5.74, 6) is 0.289. The Morgan fingerprint density at radius 1 is 1.00 bits per heavy atom. The number of aromatic nitrogens is 7. The second kappa shape index (κ2) is 8.94. The molecule has 0 spiro atoms. The monoisotopic (exact) mass is 478 g/mol. The smallest absolute Gasteiger partial charge is 0.178 e. The van der Waals surface area contributed by atoms with Crippen LogP contribution in [0.3, 0.4) is 0 Å². The maximum absolute atomic E-state index is 14.1. The highest BCUT2D eigenvalue weighted by Gasteiger charge is 2.17. The molecule has 6 aromatic rings. The molecule has 3 N–H and O–H groups in total. The standard InChI is InChI=1S/C27H23FN8/c1-3-29-11-16-8-18(13-30-12-16)22-10-21-23(14-32-22)35-36-25(21)27-33-24-20(4-5-31-26(24)34-27)17-6-15(2)7-19(28)9-17/h4-10,12-14,29H,3,11H2,1-2H3,(H,35,36)(H,31,33,34). The largest absolute Gasteiger partial charge is 0.335 e. The maximum Gasteiger partial charge on any atom is 0.178 e. The van der Waals surface area contributed by atoms with E-state index in [0.29, 0.717) is 17.2 Å². The first-order valence-electron chi connectivity index (χ1n) is 11.7. The van der Waals surface area contributed by atoms with Gasteiger partial charge in [-0.3, -0.25) is 15.1 Å². The first-order valence-corrected chi connectivity index (χ1v) is 11.7. The van der Waals surface area contributed by atoms with Crippen LogP contribution < -0.4 is 5.32 Å². The summed E-state index contributed by atoms with van der Waals surface area (Å²) >= 11 is 0. The Labute approximate surface area is 206 Å². The Bertz CT molecular complexity index is 1700. The summed E-state index contributed by atoms with van der Waals surface area (Å²) in [7, 11) is 0. The summed E-state index contributed by atoms with van der Waals surface area (Å²) in [6, 6.07) is 10.9. The molecular formula is C27H23FN8. The maximum atomic E-state index is 14.1. The number of aromatic amines is 2. The van der Waals surface area contributed by atoms with Crippen molar-refractivity contribution in [2.24, 2.45) is 0 Å². The summed E-state index contributed by atoms with van der Waals surface area (Å²) in [4.78, 5) is 21.5. The summed E-state index contributed by atoms with van der Waals surface area (Å²) in [6.07, 6.45) is 7.11. The van der Waals surface area contributed by atoms with E-state index < -0.39 is 0 Å². The Kier molecular flexibility index (Phi) is 5.46. The third kappa shape index (κ3) is 3.99. The summed E-state index contributed by atoms with van der Waals surface area (Å²) in [5, 5.41) is 11.7. The van der Waals surface area contributed by atoms with Crippen LogP contribution in [0.4, 0.5) is 4.39 Å². The van der Waals surface area contributed by atoms with Crippen LogP contribution in [0.25, 0.3) is 56.0 Å². The zero-order chi connectivity index (χ0) is 24.6. The fourth-order valence-corrected chi connectivity index (χ4v) is 4.40. The first kappa shape index (κ1) is 22.0. The van der Waals surface area contributed by atoms with Gasteiger partial charge in [-0.05, 0) is 60.5 Å². The molecular weight excluding hydrogens is 455 g/mol. The number of aryl methyl sites for hydroxylation is 1. The molecule has 0 fully saturated rings. The fraction of sp³-hybridized carbons (Fsp3) is 0.148. The van der Waals surface area contributed by atoms with Crippen molar-refractivity contribution in [3.05, 3.63) is 78.1 Å². The Balaban J connectivity index is 1.44. The van der Waals surface area contributed by atoms with Crippen molar-refractivity contribution in [1.82, 2.24) is 40.4 Å². The Morgan fingerprint density at radius 2 is 1.92 bits per heavy atom. The lowest BCUT2D eigenvalue weighted by atomic mass is 10.0. The third-order valence-electron chi connectivity index (χ3n) is 6.09. The minimum Gasteiger partial charge on any atom is -0.335 e. The van der Waals surface area contributed by atoms with Crippen molar-refractivity contribution in [3.63, 3.8) is 0 Å². The van der Waals surface area contributed by atoms with Gasteiger partial charge < -0.3 is 10.3 Å². The van der Waals surface area contributed by atoms with E-state index in [4.69, 9.17) is 4.98 Å². The number of benzene rings is 1. The molecule has 0 saturated heterocycles. The molecule has 0 unspecified atom stereocenters. The molecule has 5 heterocycles. The van der Waals surface area contributed by atoms with Gasteiger partial charge in [0.15, 0.2) is 11.5 Å². The van der Waals surface area contributed by atoms with Gasteiger partial charge in [-0.1, -0.05) is 13.0 Å². The van der Waals surface area contributed by atoms with Crippen LogP contribution in [0.1, 0.15) is 18.1 Å².